The minimum absolute atomic E-state index is 0.0359. The second-order valence-corrected chi connectivity index (χ2v) is 5.31. The molecule has 1 fully saturated rings. The van der Waals surface area contributed by atoms with Crippen molar-refractivity contribution in [1.29, 1.82) is 0 Å². The minimum atomic E-state index is -0.0359. The monoisotopic (exact) mass is 261 g/mol. The van der Waals surface area contributed by atoms with Crippen LogP contribution in [-0.4, -0.2) is 31.1 Å². The van der Waals surface area contributed by atoms with Gasteiger partial charge in [-0.25, -0.2) is 0 Å². The van der Waals surface area contributed by atoms with Crippen LogP contribution in [0.5, 0.6) is 0 Å². The van der Waals surface area contributed by atoms with Gasteiger partial charge in [0.2, 0.25) is 0 Å². The Labute approximate surface area is 115 Å². The van der Waals surface area contributed by atoms with E-state index in [4.69, 9.17) is 4.74 Å². The summed E-state index contributed by atoms with van der Waals surface area (Å²) in [5.41, 5.74) is 1.34. The summed E-state index contributed by atoms with van der Waals surface area (Å²) in [5.74, 6) is 0.471. The van der Waals surface area contributed by atoms with Gasteiger partial charge in [0.1, 0.15) is 0 Å². The molecule has 2 rings (SSSR count). The van der Waals surface area contributed by atoms with Gasteiger partial charge in [-0.15, -0.1) is 0 Å². The van der Waals surface area contributed by atoms with E-state index in [0.717, 1.165) is 32.5 Å². The standard InChI is InChI=1S/C16H23NO2/c1-3-14-12-17(10-9-15(14)16(18)19-2)11-13-7-5-4-6-8-13/h4-8,14-15H,3,9-12H2,1-2H3. The summed E-state index contributed by atoms with van der Waals surface area (Å²) in [6, 6.07) is 10.5. The lowest BCUT2D eigenvalue weighted by Crippen LogP contribution is -2.42. The van der Waals surface area contributed by atoms with Gasteiger partial charge < -0.3 is 4.74 Å². The van der Waals surface area contributed by atoms with Crippen molar-refractivity contribution in [3.8, 4) is 0 Å². The van der Waals surface area contributed by atoms with Crippen molar-refractivity contribution >= 4 is 5.97 Å². The zero-order valence-corrected chi connectivity index (χ0v) is 11.8. The van der Waals surface area contributed by atoms with E-state index >= 15 is 0 Å². The molecular weight excluding hydrogens is 238 g/mol. The number of piperidine rings is 1. The normalized spacial score (nSPS) is 24.1. The predicted octanol–water partition coefficient (Wildman–Crippen LogP) is 2.71. The molecular formula is C16H23NO2. The molecule has 1 aliphatic heterocycles. The van der Waals surface area contributed by atoms with Gasteiger partial charge in [0.05, 0.1) is 13.0 Å². The Morgan fingerprint density at radius 2 is 2.11 bits per heavy atom. The van der Waals surface area contributed by atoms with E-state index in [1.54, 1.807) is 0 Å². The summed E-state index contributed by atoms with van der Waals surface area (Å²) in [4.78, 5) is 14.2. The first-order valence-corrected chi connectivity index (χ1v) is 7.08. The van der Waals surface area contributed by atoms with E-state index in [-0.39, 0.29) is 11.9 Å². The van der Waals surface area contributed by atoms with Gasteiger partial charge >= 0.3 is 5.97 Å². The van der Waals surface area contributed by atoms with E-state index in [1.807, 2.05) is 6.07 Å². The zero-order chi connectivity index (χ0) is 13.7. The summed E-state index contributed by atoms with van der Waals surface area (Å²) in [6.45, 7) is 5.11. The third kappa shape index (κ3) is 3.57. The van der Waals surface area contributed by atoms with Crippen LogP contribution < -0.4 is 0 Å². The second-order valence-electron chi connectivity index (χ2n) is 5.31. The Bertz CT molecular complexity index is 404. The highest BCUT2D eigenvalue weighted by atomic mass is 16.5. The lowest BCUT2D eigenvalue weighted by molar-refractivity contribution is -0.149. The number of likely N-dealkylation sites (tertiary alicyclic amines) is 1. The van der Waals surface area contributed by atoms with Crippen LogP contribution in [0.4, 0.5) is 0 Å². The van der Waals surface area contributed by atoms with Crippen LogP contribution >= 0.6 is 0 Å². The van der Waals surface area contributed by atoms with E-state index in [0.29, 0.717) is 5.92 Å². The summed E-state index contributed by atoms with van der Waals surface area (Å²) in [7, 11) is 1.49. The predicted molar refractivity (Wildman–Crippen MR) is 75.6 cm³/mol. The molecule has 1 aliphatic rings. The molecule has 3 nitrogen and oxygen atoms in total. The van der Waals surface area contributed by atoms with Crippen LogP contribution in [0.25, 0.3) is 0 Å². The summed E-state index contributed by atoms with van der Waals surface area (Å²) >= 11 is 0. The fraction of sp³-hybridized carbons (Fsp3) is 0.562. The highest BCUT2D eigenvalue weighted by Crippen LogP contribution is 2.28. The lowest BCUT2D eigenvalue weighted by atomic mass is 9.83. The van der Waals surface area contributed by atoms with Crippen LogP contribution in [-0.2, 0) is 16.1 Å². The molecule has 104 valence electrons. The van der Waals surface area contributed by atoms with E-state index in [1.165, 1.54) is 12.7 Å². The van der Waals surface area contributed by atoms with Crippen LogP contribution in [0.15, 0.2) is 30.3 Å². The molecule has 0 bridgehead atoms. The first-order valence-electron chi connectivity index (χ1n) is 7.08. The van der Waals surface area contributed by atoms with Crippen molar-refractivity contribution in [3.05, 3.63) is 35.9 Å². The smallest absolute Gasteiger partial charge is 0.309 e. The fourth-order valence-electron chi connectivity index (χ4n) is 2.97. The molecule has 0 saturated carbocycles. The van der Waals surface area contributed by atoms with Crippen molar-refractivity contribution in [2.24, 2.45) is 11.8 Å². The third-order valence-corrected chi connectivity index (χ3v) is 4.10. The molecule has 19 heavy (non-hydrogen) atoms. The maximum Gasteiger partial charge on any atom is 0.309 e. The number of ether oxygens (including phenoxy) is 1. The average Bonchev–Trinajstić information content (AvgIpc) is 2.47. The highest BCUT2D eigenvalue weighted by molar-refractivity contribution is 5.72. The van der Waals surface area contributed by atoms with E-state index in [9.17, 15) is 4.79 Å². The van der Waals surface area contributed by atoms with Gasteiger partial charge in [-0.1, -0.05) is 43.7 Å². The molecule has 1 aromatic carbocycles. The van der Waals surface area contributed by atoms with E-state index in [2.05, 4.69) is 36.1 Å². The summed E-state index contributed by atoms with van der Waals surface area (Å²) < 4.78 is 4.92. The summed E-state index contributed by atoms with van der Waals surface area (Å²) in [6.07, 6.45) is 1.95. The number of esters is 1. The lowest BCUT2D eigenvalue weighted by Gasteiger charge is -2.36. The maximum atomic E-state index is 11.8. The first kappa shape index (κ1) is 14.1. The van der Waals surface area contributed by atoms with Crippen molar-refractivity contribution in [2.45, 2.75) is 26.3 Å². The Hall–Kier alpha value is -1.35. The Balaban J connectivity index is 1.95. The average molecular weight is 261 g/mol. The fourth-order valence-corrected chi connectivity index (χ4v) is 2.97. The van der Waals surface area contributed by atoms with Gasteiger partial charge in [-0.2, -0.15) is 0 Å². The van der Waals surface area contributed by atoms with Gasteiger partial charge in [0, 0.05) is 13.1 Å². The Morgan fingerprint density at radius 3 is 2.74 bits per heavy atom. The molecule has 0 amide bonds. The number of carbonyl (C=O) groups excluding carboxylic acids is 1. The van der Waals surface area contributed by atoms with Gasteiger partial charge in [-0.3, -0.25) is 9.69 Å². The second kappa shape index (κ2) is 6.71. The first-order chi connectivity index (χ1) is 9.24. The van der Waals surface area contributed by atoms with Crippen LogP contribution in [0.3, 0.4) is 0 Å². The van der Waals surface area contributed by atoms with Gasteiger partial charge in [0.25, 0.3) is 0 Å². The molecule has 0 radical (unpaired) electrons. The minimum Gasteiger partial charge on any atom is -0.469 e. The van der Waals surface area contributed by atoms with Crippen molar-refractivity contribution in [3.63, 3.8) is 0 Å². The molecule has 1 heterocycles. The van der Waals surface area contributed by atoms with Crippen molar-refractivity contribution in [1.82, 2.24) is 4.90 Å². The molecule has 0 aliphatic carbocycles. The zero-order valence-electron chi connectivity index (χ0n) is 11.8. The molecule has 0 aromatic heterocycles. The van der Waals surface area contributed by atoms with Crippen molar-refractivity contribution < 1.29 is 9.53 Å². The molecule has 3 heteroatoms. The number of hydrogen-bond acceptors (Lipinski definition) is 3. The molecule has 0 spiro atoms. The quantitative estimate of drug-likeness (QED) is 0.780. The number of hydrogen-bond donors (Lipinski definition) is 0. The Kier molecular flexibility index (Phi) is 4.97. The molecule has 2 unspecified atom stereocenters. The summed E-state index contributed by atoms with van der Waals surface area (Å²) in [5, 5.41) is 0. The molecule has 0 N–H and O–H groups in total. The van der Waals surface area contributed by atoms with Crippen molar-refractivity contribution in [2.75, 3.05) is 20.2 Å². The number of rotatable bonds is 4. The topological polar surface area (TPSA) is 29.5 Å². The number of carbonyl (C=O) groups is 1. The van der Waals surface area contributed by atoms with Gasteiger partial charge in [-0.05, 0) is 24.4 Å². The van der Waals surface area contributed by atoms with Gasteiger partial charge in [0.15, 0.2) is 0 Å². The number of nitrogens with zero attached hydrogens (tertiary/aromatic N) is 1. The third-order valence-electron chi connectivity index (χ3n) is 4.10. The molecule has 1 aromatic rings. The van der Waals surface area contributed by atoms with Crippen LogP contribution in [0, 0.1) is 11.8 Å². The maximum absolute atomic E-state index is 11.8. The SMILES string of the molecule is CCC1CN(Cc2ccccc2)CCC1C(=O)OC. The largest absolute Gasteiger partial charge is 0.469 e. The number of benzene rings is 1. The highest BCUT2D eigenvalue weighted by Gasteiger charge is 2.33. The van der Waals surface area contributed by atoms with Crippen LogP contribution in [0.2, 0.25) is 0 Å². The van der Waals surface area contributed by atoms with E-state index < -0.39 is 0 Å². The Morgan fingerprint density at radius 1 is 1.37 bits per heavy atom. The van der Waals surface area contributed by atoms with Crippen LogP contribution in [0.1, 0.15) is 25.3 Å². The number of methoxy groups -OCH3 is 1. The molecule has 2 atom stereocenters. The molecule has 1 saturated heterocycles.